The van der Waals surface area contributed by atoms with E-state index in [0.717, 1.165) is 27.7 Å². The molecule has 7 heteroatoms. The molecule has 0 aromatic heterocycles. The van der Waals surface area contributed by atoms with Crippen LogP contribution in [-0.2, 0) is 9.59 Å². The van der Waals surface area contributed by atoms with Crippen LogP contribution in [0.5, 0.6) is 0 Å². The van der Waals surface area contributed by atoms with E-state index in [1.54, 1.807) is 4.90 Å². The van der Waals surface area contributed by atoms with Crippen molar-refractivity contribution < 1.29 is 9.59 Å². The number of anilines is 5. The lowest BCUT2D eigenvalue weighted by Crippen LogP contribution is -2.26. The summed E-state index contributed by atoms with van der Waals surface area (Å²) in [4.78, 5) is 27.1. The van der Waals surface area contributed by atoms with Crippen molar-refractivity contribution in [1.29, 1.82) is 0 Å². The van der Waals surface area contributed by atoms with Crippen LogP contribution in [0.1, 0.15) is 12.0 Å². The molecule has 34 heavy (non-hydrogen) atoms. The summed E-state index contributed by atoms with van der Waals surface area (Å²) in [7, 11) is 0. The largest absolute Gasteiger partial charge is 0.332 e. The predicted octanol–water partition coefficient (Wildman–Crippen LogP) is 5.96. The van der Waals surface area contributed by atoms with E-state index in [4.69, 9.17) is 12.2 Å². The van der Waals surface area contributed by atoms with Gasteiger partial charge in [0.2, 0.25) is 11.8 Å². The number of nitrogens with zero attached hydrogens (tertiary/aromatic N) is 1. The molecule has 1 aliphatic rings. The Morgan fingerprint density at radius 3 is 2.41 bits per heavy atom. The van der Waals surface area contributed by atoms with Gasteiger partial charge in [-0.25, -0.2) is 0 Å². The third-order valence-electron chi connectivity index (χ3n) is 5.75. The number of para-hydroxylation sites is 1. The molecule has 4 aromatic rings. The zero-order chi connectivity index (χ0) is 23.7. The third-order valence-corrected chi connectivity index (χ3v) is 5.95. The van der Waals surface area contributed by atoms with Crippen LogP contribution < -0.4 is 20.9 Å². The topological polar surface area (TPSA) is 73.5 Å². The van der Waals surface area contributed by atoms with Crippen molar-refractivity contribution in [3.63, 3.8) is 0 Å². The quantitative estimate of drug-likeness (QED) is 0.256. The summed E-state index contributed by atoms with van der Waals surface area (Å²) >= 11 is 5.45. The maximum Gasteiger partial charge on any atom is 0.241 e. The number of aryl methyl sites for hydroxylation is 1. The Kier molecular flexibility index (Phi) is 5.69. The fraction of sp³-hybridized carbons (Fsp3) is 0.0741. The standard InChI is InChI=1S/C27H22N4O2S/c1-17-6-2-5-9-22(17)29-27(34)28-19-11-13-20(14-12-19)31-23-15-10-18-7-3-4-8-21(18)26(23)30-24(32)16-25(31)33/h2-15H,16H2,1H3,(H,30,32)(H2,28,29,34). The highest BCUT2D eigenvalue weighted by Crippen LogP contribution is 2.40. The summed E-state index contributed by atoms with van der Waals surface area (Å²) in [6.45, 7) is 2.01. The zero-order valence-electron chi connectivity index (χ0n) is 18.5. The number of hydrogen-bond acceptors (Lipinski definition) is 3. The Morgan fingerprint density at radius 1 is 0.882 bits per heavy atom. The van der Waals surface area contributed by atoms with Gasteiger partial charge >= 0.3 is 0 Å². The molecule has 0 bridgehead atoms. The molecule has 0 spiro atoms. The Labute approximate surface area is 202 Å². The summed E-state index contributed by atoms with van der Waals surface area (Å²) in [6, 6.07) is 26.9. The molecule has 1 heterocycles. The molecular weight excluding hydrogens is 444 g/mol. The smallest absolute Gasteiger partial charge is 0.241 e. The number of carbonyl (C=O) groups is 2. The lowest BCUT2D eigenvalue weighted by atomic mass is 10.1. The van der Waals surface area contributed by atoms with E-state index in [1.807, 2.05) is 91.9 Å². The van der Waals surface area contributed by atoms with Crippen molar-refractivity contribution >= 4 is 68.4 Å². The van der Waals surface area contributed by atoms with Gasteiger partial charge in [0, 0.05) is 22.4 Å². The number of nitrogens with one attached hydrogen (secondary N) is 3. The van der Waals surface area contributed by atoms with Crippen LogP contribution in [0.3, 0.4) is 0 Å². The van der Waals surface area contributed by atoms with Crippen LogP contribution in [0, 0.1) is 6.92 Å². The van der Waals surface area contributed by atoms with Crippen LogP contribution >= 0.6 is 12.2 Å². The van der Waals surface area contributed by atoms with E-state index in [1.165, 1.54) is 0 Å². The zero-order valence-corrected chi connectivity index (χ0v) is 19.3. The first-order valence-corrected chi connectivity index (χ1v) is 11.3. The fourth-order valence-corrected chi connectivity index (χ4v) is 4.31. The highest BCUT2D eigenvalue weighted by molar-refractivity contribution is 7.80. The molecule has 0 unspecified atom stereocenters. The number of fused-ring (bicyclic) bond motifs is 3. The van der Waals surface area contributed by atoms with E-state index in [-0.39, 0.29) is 18.2 Å². The summed E-state index contributed by atoms with van der Waals surface area (Å²) in [6.07, 6.45) is -0.229. The lowest BCUT2D eigenvalue weighted by Gasteiger charge is -2.23. The summed E-state index contributed by atoms with van der Waals surface area (Å²) in [5.74, 6) is -0.611. The van der Waals surface area contributed by atoms with Crippen molar-refractivity contribution in [3.8, 4) is 0 Å². The highest BCUT2D eigenvalue weighted by atomic mass is 32.1. The Hall–Kier alpha value is -4.23. The van der Waals surface area contributed by atoms with Crippen LogP contribution in [0.15, 0.2) is 84.9 Å². The fourth-order valence-electron chi connectivity index (χ4n) is 4.09. The van der Waals surface area contributed by atoms with E-state index >= 15 is 0 Å². The monoisotopic (exact) mass is 466 g/mol. The molecule has 5 rings (SSSR count). The molecule has 1 aliphatic heterocycles. The van der Waals surface area contributed by atoms with E-state index < -0.39 is 0 Å². The van der Waals surface area contributed by atoms with Gasteiger partial charge in [0.05, 0.1) is 11.4 Å². The maximum absolute atomic E-state index is 13.0. The molecule has 0 aliphatic carbocycles. The van der Waals surface area contributed by atoms with E-state index in [0.29, 0.717) is 22.2 Å². The van der Waals surface area contributed by atoms with Gasteiger partial charge in [-0.3, -0.25) is 14.5 Å². The average Bonchev–Trinajstić information content (AvgIpc) is 2.95. The van der Waals surface area contributed by atoms with Gasteiger partial charge in [0.1, 0.15) is 6.42 Å². The van der Waals surface area contributed by atoms with Crippen LogP contribution in [-0.4, -0.2) is 16.9 Å². The van der Waals surface area contributed by atoms with Gasteiger partial charge in [0.15, 0.2) is 5.11 Å². The SMILES string of the molecule is Cc1ccccc1NC(=S)Nc1ccc(N2C(=O)CC(=O)Nc3c2ccc2ccccc32)cc1. The third kappa shape index (κ3) is 4.21. The molecule has 2 amide bonds. The second-order valence-electron chi connectivity index (χ2n) is 8.08. The first-order valence-electron chi connectivity index (χ1n) is 10.9. The van der Waals surface area contributed by atoms with Crippen LogP contribution in [0.25, 0.3) is 10.8 Å². The Morgan fingerprint density at radius 2 is 1.62 bits per heavy atom. The summed E-state index contributed by atoms with van der Waals surface area (Å²) < 4.78 is 0. The van der Waals surface area contributed by atoms with Crippen molar-refractivity contribution in [3.05, 3.63) is 90.5 Å². The minimum Gasteiger partial charge on any atom is -0.332 e. The summed E-state index contributed by atoms with van der Waals surface area (Å²) in [5, 5.41) is 11.6. The van der Waals surface area contributed by atoms with Crippen LogP contribution in [0.4, 0.5) is 28.4 Å². The van der Waals surface area contributed by atoms with Crippen LogP contribution in [0.2, 0.25) is 0 Å². The minimum absolute atomic E-state index is 0.229. The number of thiocarbonyl (C=S) groups is 1. The lowest BCUT2D eigenvalue weighted by molar-refractivity contribution is -0.124. The molecule has 0 atom stereocenters. The van der Waals surface area contributed by atoms with Gasteiger partial charge in [-0.2, -0.15) is 0 Å². The first-order chi connectivity index (χ1) is 16.5. The molecule has 0 radical (unpaired) electrons. The second-order valence-corrected chi connectivity index (χ2v) is 8.48. The first kappa shape index (κ1) is 21.6. The summed E-state index contributed by atoms with van der Waals surface area (Å²) in [5.41, 5.74) is 4.77. The molecule has 0 saturated carbocycles. The molecule has 168 valence electrons. The number of rotatable bonds is 3. The van der Waals surface area contributed by atoms with Crippen molar-refractivity contribution in [2.75, 3.05) is 20.9 Å². The minimum atomic E-state index is -0.323. The maximum atomic E-state index is 13.0. The average molecular weight is 467 g/mol. The molecule has 0 fully saturated rings. The molecule has 3 N–H and O–H groups in total. The van der Waals surface area contributed by atoms with Gasteiger partial charge in [-0.1, -0.05) is 48.5 Å². The molecule has 6 nitrogen and oxygen atoms in total. The second kappa shape index (κ2) is 8.96. The normalized spacial score (nSPS) is 13.1. The number of carbonyl (C=O) groups excluding carboxylic acids is 2. The highest BCUT2D eigenvalue weighted by Gasteiger charge is 2.28. The molecular formula is C27H22N4O2S. The van der Waals surface area contributed by atoms with E-state index in [2.05, 4.69) is 16.0 Å². The van der Waals surface area contributed by atoms with Gasteiger partial charge in [0.25, 0.3) is 0 Å². The number of benzene rings is 4. The molecule has 0 saturated heterocycles. The van der Waals surface area contributed by atoms with Crippen molar-refractivity contribution in [2.24, 2.45) is 0 Å². The Balaban J connectivity index is 1.43. The Bertz CT molecular complexity index is 1430. The van der Waals surface area contributed by atoms with E-state index in [9.17, 15) is 9.59 Å². The predicted molar refractivity (Wildman–Crippen MR) is 142 cm³/mol. The van der Waals surface area contributed by atoms with Gasteiger partial charge < -0.3 is 16.0 Å². The molecule has 4 aromatic carbocycles. The number of hydrogen-bond donors (Lipinski definition) is 3. The van der Waals surface area contributed by atoms with Gasteiger partial charge in [-0.15, -0.1) is 0 Å². The van der Waals surface area contributed by atoms with Gasteiger partial charge in [-0.05, 0) is 66.5 Å². The number of amides is 2. The van der Waals surface area contributed by atoms with Crippen molar-refractivity contribution in [2.45, 2.75) is 13.3 Å². The van der Waals surface area contributed by atoms with Crippen molar-refractivity contribution in [1.82, 2.24) is 0 Å².